The molecule has 0 aliphatic heterocycles. The zero-order valence-corrected chi connectivity index (χ0v) is 12.7. The summed E-state index contributed by atoms with van der Waals surface area (Å²) in [4.78, 5) is 0.308. The first kappa shape index (κ1) is 15.4. The molecule has 0 radical (unpaired) electrons. The number of hydrogen-bond acceptors (Lipinski definition) is 4. The molecule has 1 saturated carbocycles. The SMILES string of the molecule is COC1CCCC1NS(=O)(=O)c1cccc(CN)c1C. The first-order valence-electron chi connectivity index (χ1n) is 6.83. The van der Waals surface area contributed by atoms with Gasteiger partial charge in [-0.25, -0.2) is 13.1 Å². The minimum Gasteiger partial charge on any atom is -0.380 e. The number of methoxy groups -OCH3 is 1. The zero-order valence-electron chi connectivity index (χ0n) is 11.9. The number of nitrogens with two attached hydrogens (primary N) is 1. The van der Waals surface area contributed by atoms with E-state index in [2.05, 4.69) is 4.72 Å². The third kappa shape index (κ3) is 3.03. The molecule has 0 aromatic heterocycles. The second-order valence-electron chi connectivity index (χ2n) is 5.18. The third-order valence-corrected chi connectivity index (χ3v) is 5.60. The Balaban J connectivity index is 2.27. The van der Waals surface area contributed by atoms with E-state index in [4.69, 9.17) is 10.5 Å². The van der Waals surface area contributed by atoms with Gasteiger partial charge in [0, 0.05) is 19.7 Å². The van der Waals surface area contributed by atoms with Gasteiger partial charge in [0.1, 0.15) is 0 Å². The van der Waals surface area contributed by atoms with Crippen molar-refractivity contribution in [2.24, 2.45) is 5.73 Å². The minimum absolute atomic E-state index is 0.0391. The Morgan fingerprint density at radius 1 is 1.40 bits per heavy atom. The Morgan fingerprint density at radius 3 is 2.80 bits per heavy atom. The van der Waals surface area contributed by atoms with E-state index in [1.165, 1.54) is 0 Å². The highest BCUT2D eigenvalue weighted by Crippen LogP contribution is 2.25. The van der Waals surface area contributed by atoms with Crippen LogP contribution in [0.3, 0.4) is 0 Å². The molecule has 0 saturated heterocycles. The molecule has 1 fully saturated rings. The van der Waals surface area contributed by atoms with Crippen LogP contribution < -0.4 is 10.5 Å². The van der Waals surface area contributed by atoms with Crippen molar-refractivity contribution in [1.82, 2.24) is 4.72 Å². The average molecular weight is 298 g/mol. The van der Waals surface area contributed by atoms with Gasteiger partial charge in [0.25, 0.3) is 0 Å². The van der Waals surface area contributed by atoms with Crippen LogP contribution in [0.25, 0.3) is 0 Å². The fourth-order valence-corrected chi connectivity index (χ4v) is 4.36. The van der Waals surface area contributed by atoms with E-state index < -0.39 is 10.0 Å². The van der Waals surface area contributed by atoms with Gasteiger partial charge >= 0.3 is 0 Å². The maximum Gasteiger partial charge on any atom is 0.241 e. The third-order valence-electron chi connectivity index (χ3n) is 3.97. The van der Waals surface area contributed by atoms with Crippen LogP contribution in [-0.4, -0.2) is 27.7 Å². The summed E-state index contributed by atoms with van der Waals surface area (Å²) in [6.45, 7) is 2.12. The zero-order chi connectivity index (χ0) is 14.8. The Bertz CT molecular complexity index is 572. The molecular formula is C14H22N2O3S. The molecule has 1 aromatic rings. The Hall–Kier alpha value is -0.950. The quantitative estimate of drug-likeness (QED) is 0.858. The molecule has 1 aliphatic carbocycles. The maximum atomic E-state index is 12.5. The van der Waals surface area contributed by atoms with Crippen molar-refractivity contribution in [2.45, 2.75) is 49.8 Å². The predicted octanol–water partition coefficient (Wildman–Crippen LogP) is 1.30. The molecule has 2 unspecified atom stereocenters. The first-order chi connectivity index (χ1) is 9.49. The van der Waals surface area contributed by atoms with Crippen molar-refractivity contribution in [3.8, 4) is 0 Å². The van der Waals surface area contributed by atoms with Crippen molar-refractivity contribution in [3.05, 3.63) is 29.3 Å². The van der Waals surface area contributed by atoms with Gasteiger partial charge in [-0.15, -0.1) is 0 Å². The van der Waals surface area contributed by atoms with Crippen LogP contribution >= 0.6 is 0 Å². The summed E-state index contributed by atoms with van der Waals surface area (Å²) < 4.78 is 33.2. The number of hydrogen-bond donors (Lipinski definition) is 2. The van der Waals surface area contributed by atoms with Gasteiger partial charge in [-0.1, -0.05) is 12.1 Å². The van der Waals surface area contributed by atoms with E-state index in [-0.39, 0.29) is 12.1 Å². The lowest BCUT2D eigenvalue weighted by atomic mass is 10.1. The van der Waals surface area contributed by atoms with Crippen molar-refractivity contribution >= 4 is 10.0 Å². The fourth-order valence-electron chi connectivity index (χ4n) is 2.78. The van der Waals surface area contributed by atoms with Crippen LogP contribution in [0.1, 0.15) is 30.4 Å². The first-order valence-corrected chi connectivity index (χ1v) is 8.31. The molecule has 112 valence electrons. The summed E-state index contributed by atoms with van der Waals surface area (Å²) >= 11 is 0. The fraction of sp³-hybridized carbons (Fsp3) is 0.571. The number of benzene rings is 1. The summed E-state index contributed by atoms with van der Waals surface area (Å²) in [5, 5.41) is 0. The van der Waals surface area contributed by atoms with E-state index in [0.717, 1.165) is 30.4 Å². The van der Waals surface area contributed by atoms with E-state index in [1.807, 2.05) is 6.07 Å². The topological polar surface area (TPSA) is 81.4 Å². The normalized spacial score (nSPS) is 23.1. The van der Waals surface area contributed by atoms with Crippen LogP contribution in [0.4, 0.5) is 0 Å². The van der Waals surface area contributed by atoms with Gasteiger partial charge in [-0.05, 0) is 43.4 Å². The molecule has 2 rings (SSSR count). The number of ether oxygens (including phenoxy) is 1. The lowest BCUT2D eigenvalue weighted by Crippen LogP contribution is -2.40. The number of rotatable bonds is 5. The number of nitrogens with one attached hydrogen (secondary N) is 1. The molecular weight excluding hydrogens is 276 g/mol. The summed E-state index contributed by atoms with van der Waals surface area (Å²) in [7, 11) is -1.91. The average Bonchev–Trinajstić information content (AvgIpc) is 2.85. The lowest BCUT2D eigenvalue weighted by Gasteiger charge is -2.20. The molecule has 0 bridgehead atoms. The second kappa shape index (κ2) is 6.22. The van der Waals surface area contributed by atoms with Gasteiger partial charge in [-0.3, -0.25) is 0 Å². The highest BCUT2D eigenvalue weighted by atomic mass is 32.2. The van der Waals surface area contributed by atoms with E-state index in [1.54, 1.807) is 26.2 Å². The standard InChI is InChI=1S/C14H22N2O3S/c1-10-11(9-15)5-3-8-14(10)20(17,18)16-12-6-4-7-13(12)19-2/h3,5,8,12-13,16H,4,6-7,9,15H2,1-2H3. The highest BCUT2D eigenvalue weighted by molar-refractivity contribution is 7.89. The van der Waals surface area contributed by atoms with Gasteiger partial charge in [-0.2, -0.15) is 0 Å². The minimum atomic E-state index is -3.54. The molecule has 5 nitrogen and oxygen atoms in total. The Labute approximate surface area is 120 Å². The molecule has 20 heavy (non-hydrogen) atoms. The monoisotopic (exact) mass is 298 g/mol. The van der Waals surface area contributed by atoms with Crippen molar-refractivity contribution in [1.29, 1.82) is 0 Å². The molecule has 0 amide bonds. The van der Waals surface area contributed by atoms with Crippen LogP contribution in [-0.2, 0) is 21.3 Å². The largest absolute Gasteiger partial charge is 0.380 e. The Morgan fingerprint density at radius 2 is 2.15 bits per heavy atom. The van der Waals surface area contributed by atoms with Crippen molar-refractivity contribution in [3.63, 3.8) is 0 Å². The Kier molecular flexibility index (Phi) is 4.80. The molecule has 6 heteroatoms. The molecule has 2 atom stereocenters. The van der Waals surface area contributed by atoms with Crippen LogP contribution in [0.15, 0.2) is 23.1 Å². The van der Waals surface area contributed by atoms with Crippen LogP contribution in [0.5, 0.6) is 0 Å². The predicted molar refractivity (Wildman–Crippen MR) is 77.8 cm³/mol. The molecule has 1 aromatic carbocycles. The summed E-state index contributed by atoms with van der Waals surface area (Å²) in [6, 6.07) is 5.05. The number of sulfonamides is 1. The molecule has 0 spiro atoms. The second-order valence-corrected chi connectivity index (χ2v) is 6.86. The molecule has 0 heterocycles. The van der Waals surface area contributed by atoms with Crippen LogP contribution in [0.2, 0.25) is 0 Å². The van der Waals surface area contributed by atoms with Crippen molar-refractivity contribution in [2.75, 3.05) is 7.11 Å². The molecule has 3 N–H and O–H groups in total. The summed E-state index contributed by atoms with van der Waals surface area (Å²) in [6.07, 6.45) is 2.65. The summed E-state index contributed by atoms with van der Waals surface area (Å²) in [5.41, 5.74) is 7.20. The lowest BCUT2D eigenvalue weighted by molar-refractivity contribution is 0.0916. The van der Waals surface area contributed by atoms with Gasteiger partial charge in [0.05, 0.1) is 11.0 Å². The van der Waals surface area contributed by atoms with E-state index >= 15 is 0 Å². The van der Waals surface area contributed by atoms with E-state index in [0.29, 0.717) is 11.4 Å². The maximum absolute atomic E-state index is 12.5. The smallest absolute Gasteiger partial charge is 0.241 e. The van der Waals surface area contributed by atoms with Gasteiger partial charge in [0.2, 0.25) is 10.0 Å². The van der Waals surface area contributed by atoms with Gasteiger partial charge in [0.15, 0.2) is 0 Å². The molecule has 1 aliphatic rings. The van der Waals surface area contributed by atoms with Crippen LogP contribution in [0, 0.1) is 6.92 Å². The van der Waals surface area contributed by atoms with E-state index in [9.17, 15) is 8.42 Å². The highest BCUT2D eigenvalue weighted by Gasteiger charge is 2.31. The van der Waals surface area contributed by atoms with Gasteiger partial charge < -0.3 is 10.5 Å². The summed E-state index contributed by atoms with van der Waals surface area (Å²) in [5.74, 6) is 0. The van der Waals surface area contributed by atoms with Crippen molar-refractivity contribution < 1.29 is 13.2 Å².